The van der Waals surface area contributed by atoms with E-state index in [2.05, 4.69) is 48.4 Å². The standard InChI is InChI=1S/C13H16N2S/c1-3-12-9-15-13(16-12)14-8-11-7-5-4-6-10(11)2/h4-7,9H,3,8H2,1-2H3,(H,14,15). The largest absolute Gasteiger partial charge is 0.357 e. The van der Waals surface area contributed by atoms with Gasteiger partial charge in [0.2, 0.25) is 0 Å². The van der Waals surface area contributed by atoms with Gasteiger partial charge in [-0.3, -0.25) is 0 Å². The minimum Gasteiger partial charge on any atom is -0.357 e. The van der Waals surface area contributed by atoms with Crippen LogP contribution < -0.4 is 5.32 Å². The van der Waals surface area contributed by atoms with Crippen LogP contribution in [0.25, 0.3) is 0 Å². The molecule has 2 nitrogen and oxygen atoms in total. The first-order valence-electron chi connectivity index (χ1n) is 5.52. The normalized spacial score (nSPS) is 10.4. The Bertz CT molecular complexity index is 462. The van der Waals surface area contributed by atoms with Crippen LogP contribution in [0.1, 0.15) is 22.9 Å². The molecule has 0 aliphatic rings. The van der Waals surface area contributed by atoms with Crippen molar-refractivity contribution < 1.29 is 0 Å². The van der Waals surface area contributed by atoms with Crippen molar-refractivity contribution >= 4 is 16.5 Å². The molecule has 16 heavy (non-hydrogen) atoms. The van der Waals surface area contributed by atoms with E-state index < -0.39 is 0 Å². The molecule has 0 atom stereocenters. The van der Waals surface area contributed by atoms with E-state index in [1.807, 2.05) is 6.20 Å². The molecular formula is C13H16N2S. The summed E-state index contributed by atoms with van der Waals surface area (Å²) in [6.45, 7) is 5.14. The quantitative estimate of drug-likeness (QED) is 0.870. The molecule has 0 unspecified atom stereocenters. The first-order chi connectivity index (χ1) is 7.79. The molecule has 2 rings (SSSR count). The SMILES string of the molecule is CCc1cnc(NCc2ccccc2C)s1. The van der Waals surface area contributed by atoms with Gasteiger partial charge in [0.15, 0.2) is 5.13 Å². The number of nitrogens with one attached hydrogen (secondary N) is 1. The number of aryl methyl sites for hydroxylation is 2. The third kappa shape index (κ3) is 2.61. The Morgan fingerprint density at radius 2 is 2.12 bits per heavy atom. The third-order valence-corrected chi connectivity index (χ3v) is 3.69. The van der Waals surface area contributed by atoms with E-state index in [4.69, 9.17) is 0 Å². The molecule has 0 amide bonds. The van der Waals surface area contributed by atoms with Crippen LogP contribution in [0.5, 0.6) is 0 Å². The van der Waals surface area contributed by atoms with E-state index in [0.29, 0.717) is 0 Å². The summed E-state index contributed by atoms with van der Waals surface area (Å²) < 4.78 is 0. The summed E-state index contributed by atoms with van der Waals surface area (Å²) in [5.74, 6) is 0. The van der Waals surface area contributed by atoms with E-state index in [0.717, 1.165) is 18.1 Å². The zero-order valence-corrected chi connectivity index (χ0v) is 10.5. The lowest BCUT2D eigenvalue weighted by Crippen LogP contribution is -2.00. The van der Waals surface area contributed by atoms with E-state index in [1.54, 1.807) is 11.3 Å². The number of rotatable bonds is 4. The average Bonchev–Trinajstić information content (AvgIpc) is 2.76. The fourth-order valence-electron chi connectivity index (χ4n) is 1.53. The number of thiazole rings is 1. The van der Waals surface area contributed by atoms with Gasteiger partial charge in [0.25, 0.3) is 0 Å². The van der Waals surface area contributed by atoms with Gasteiger partial charge in [0.05, 0.1) is 0 Å². The van der Waals surface area contributed by atoms with Crippen LogP contribution in [0.3, 0.4) is 0 Å². The predicted octanol–water partition coefficient (Wildman–Crippen LogP) is 3.63. The molecular weight excluding hydrogens is 216 g/mol. The van der Waals surface area contributed by atoms with E-state index in [-0.39, 0.29) is 0 Å². The minimum absolute atomic E-state index is 0.851. The molecule has 1 aromatic carbocycles. The number of anilines is 1. The van der Waals surface area contributed by atoms with Crippen LogP contribution in [0, 0.1) is 6.92 Å². The molecule has 0 aliphatic carbocycles. The van der Waals surface area contributed by atoms with Gasteiger partial charge in [-0.05, 0) is 24.5 Å². The topological polar surface area (TPSA) is 24.9 Å². The van der Waals surface area contributed by atoms with Crippen LogP contribution >= 0.6 is 11.3 Å². The van der Waals surface area contributed by atoms with Crippen molar-refractivity contribution in [1.82, 2.24) is 4.98 Å². The smallest absolute Gasteiger partial charge is 0.183 e. The van der Waals surface area contributed by atoms with Gasteiger partial charge in [0, 0.05) is 17.6 Å². The highest BCUT2D eigenvalue weighted by molar-refractivity contribution is 7.15. The Morgan fingerprint density at radius 3 is 2.81 bits per heavy atom. The molecule has 3 heteroatoms. The van der Waals surface area contributed by atoms with Crippen LogP contribution in [-0.4, -0.2) is 4.98 Å². The first kappa shape index (κ1) is 11.1. The van der Waals surface area contributed by atoms with E-state index >= 15 is 0 Å². The fourth-order valence-corrected chi connectivity index (χ4v) is 2.28. The average molecular weight is 232 g/mol. The van der Waals surface area contributed by atoms with Gasteiger partial charge in [-0.25, -0.2) is 4.98 Å². The van der Waals surface area contributed by atoms with Gasteiger partial charge < -0.3 is 5.32 Å². The van der Waals surface area contributed by atoms with Crippen LogP contribution in [0.2, 0.25) is 0 Å². The number of benzene rings is 1. The zero-order chi connectivity index (χ0) is 11.4. The molecule has 0 bridgehead atoms. The monoisotopic (exact) mass is 232 g/mol. The fraction of sp³-hybridized carbons (Fsp3) is 0.308. The second-order valence-corrected chi connectivity index (χ2v) is 4.88. The Kier molecular flexibility index (Phi) is 3.57. The maximum Gasteiger partial charge on any atom is 0.183 e. The summed E-state index contributed by atoms with van der Waals surface area (Å²) in [6.07, 6.45) is 3.01. The summed E-state index contributed by atoms with van der Waals surface area (Å²) in [7, 11) is 0. The predicted molar refractivity (Wildman–Crippen MR) is 70.0 cm³/mol. The lowest BCUT2D eigenvalue weighted by molar-refractivity contribution is 1.10. The second-order valence-electron chi connectivity index (χ2n) is 3.77. The first-order valence-corrected chi connectivity index (χ1v) is 6.34. The Morgan fingerprint density at radius 1 is 1.31 bits per heavy atom. The molecule has 1 N–H and O–H groups in total. The molecule has 0 saturated carbocycles. The van der Waals surface area contributed by atoms with Gasteiger partial charge in [-0.2, -0.15) is 0 Å². The van der Waals surface area contributed by atoms with Crippen molar-refractivity contribution in [3.05, 3.63) is 46.5 Å². The highest BCUT2D eigenvalue weighted by atomic mass is 32.1. The van der Waals surface area contributed by atoms with Gasteiger partial charge >= 0.3 is 0 Å². The van der Waals surface area contributed by atoms with Crippen molar-refractivity contribution in [2.45, 2.75) is 26.8 Å². The number of aromatic nitrogens is 1. The molecule has 0 fully saturated rings. The van der Waals surface area contributed by atoms with Crippen molar-refractivity contribution in [3.8, 4) is 0 Å². The van der Waals surface area contributed by atoms with Gasteiger partial charge in [-0.15, -0.1) is 11.3 Å². The van der Waals surface area contributed by atoms with E-state index in [9.17, 15) is 0 Å². The maximum atomic E-state index is 4.34. The molecule has 1 heterocycles. The lowest BCUT2D eigenvalue weighted by atomic mass is 10.1. The third-order valence-electron chi connectivity index (χ3n) is 2.59. The minimum atomic E-state index is 0.851. The second kappa shape index (κ2) is 5.12. The van der Waals surface area contributed by atoms with Gasteiger partial charge in [-0.1, -0.05) is 31.2 Å². The summed E-state index contributed by atoms with van der Waals surface area (Å²) in [6, 6.07) is 8.42. The molecule has 1 aromatic heterocycles. The van der Waals surface area contributed by atoms with E-state index in [1.165, 1.54) is 16.0 Å². The molecule has 0 aliphatic heterocycles. The summed E-state index contributed by atoms with van der Waals surface area (Å²) >= 11 is 1.74. The number of hydrogen-bond donors (Lipinski definition) is 1. The summed E-state index contributed by atoms with van der Waals surface area (Å²) in [5.41, 5.74) is 2.65. The zero-order valence-electron chi connectivity index (χ0n) is 9.66. The van der Waals surface area contributed by atoms with Gasteiger partial charge in [0.1, 0.15) is 0 Å². The van der Waals surface area contributed by atoms with Crippen LogP contribution in [0.15, 0.2) is 30.5 Å². The highest BCUT2D eigenvalue weighted by Gasteiger charge is 2.01. The summed E-state index contributed by atoms with van der Waals surface area (Å²) in [4.78, 5) is 5.67. The van der Waals surface area contributed by atoms with Crippen LogP contribution in [-0.2, 0) is 13.0 Å². The lowest BCUT2D eigenvalue weighted by Gasteiger charge is -2.05. The number of nitrogens with zero attached hydrogens (tertiary/aromatic N) is 1. The van der Waals surface area contributed by atoms with Crippen molar-refractivity contribution in [2.24, 2.45) is 0 Å². The Labute approximate surface area is 100 Å². The van der Waals surface area contributed by atoms with Crippen molar-refractivity contribution in [2.75, 3.05) is 5.32 Å². The highest BCUT2D eigenvalue weighted by Crippen LogP contribution is 2.19. The number of hydrogen-bond acceptors (Lipinski definition) is 3. The maximum absolute atomic E-state index is 4.34. The molecule has 0 spiro atoms. The molecule has 0 saturated heterocycles. The Balaban J connectivity index is 1.99. The summed E-state index contributed by atoms with van der Waals surface area (Å²) in [5, 5.41) is 4.38. The molecule has 0 radical (unpaired) electrons. The van der Waals surface area contributed by atoms with Crippen LogP contribution in [0.4, 0.5) is 5.13 Å². The molecule has 84 valence electrons. The van der Waals surface area contributed by atoms with Crippen molar-refractivity contribution in [1.29, 1.82) is 0 Å². The molecule has 2 aromatic rings. The Hall–Kier alpha value is -1.35. The van der Waals surface area contributed by atoms with Crippen molar-refractivity contribution in [3.63, 3.8) is 0 Å².